The van der Waals surface area contributed by atoms with Gasteiger partial charge in [0.25, 0.3) is 0 Å². The van der Waals surface area contributed by atoms with Crippen molar-refractivity contribution in [2.75, 3.05) is 0 Å². The lowest BCUT2D eigenvalue weighted by molar-refractivity contribution is 0.399. The minimum Gasteiger partial charge on any atom is -0.307 e. The molecular formula is C13H26N4. The Morgan fingerprint density at radius 3 is 2.59 bits per heavy atom. The van der Waals surface area contributed by atoms with Crippen molar-refractivity contribution < 1.29 is 0 Å². The summed E-state index contributed by atoms with van der Waals surface area (Å²) in [5.41, 5.74) is 0. The predicted octanol–water partition coefficient (Wildman–Crippen LogP) is 2.77. The molecule has 1 heterocycles. The standard InChI is InChI=1S/C13H26N4/c1-6-11(4)7-12(5)14-8-13-15-9-16-17(13)10(2)3/h9-12,14H,6-8H2,1-5H3. The Morgan fingerprint density at radius 2 is 2.00 bits per heavy atom. The van der Waals surface area contributed by atoms with E-state index in [0.717, 1.165) is 18.3 Å². The molecule has 4 heteroatoms. The van der Waals surface area contributed by atoms with Gasteiger partial charge in [-0.2, -0.15) is 5.10 Å². The van der Waals surface area contributed by atoms with Crippen molar-refractivity contribution in [1.29, 1.82) is 0 Å². The molecule has 1 N–H and O–H groups in total. The van der Waals surface area contributed by atoms with Gasteiger partial charge in [-0.15, -0.1) is 0 Å². The number of hydrogen-bond donors (Lipinski definition) is 1. The van der Waals surface area contributed by atoms with E-state index < -0.39 is 0 Å². The normalized spacial score (nSPS) is 15.2. The molecule has 2 atom stereocenters. The molecule has 0 bridgehead atoms. The van der Waals surface area contributed by atoms with E-state index in [2.05, 4.69) is 50.0 Å². The lowest BCUT2D eigenvalue weighted by Gasteiger charge is -2.18. The summed E-state index contributed by atoms with van der Waals surface area (Å²) in [7, 11) is 0. The van der Waals surface area contributed by atoms with Crippen LogP contribution in [0.4, 0.5) is 0 Å². The van der Waals surface area contributed by atoms with Gasteiger partial charge in [0.1, 0.15) is 12.2 Å². The smallest absolute Gasteiger partial charge is 0.141 e. The summed E-state index contributed by atoms with van der Waals surface area (Å²) in [5, 5.41) is 7.76. The zero-order chi connectivity index (χ0) is 12.8. The summed E-state index contributed by atoms with van der Waals surface area (Å²) in [6.07, 6.45) is 4.09. The van der Waals surface area contributed by atoms with Gasteiger partial charge in [-0.05, 0) is 33.1 Å². The van der Waals surface area contributed by atoms with Crippen LogP contribution in [0.15, 0.2) is 6.33 Å². The highest BCUT2D eigenvalue weighted by atomic mass is 15.4. The Labute approximate surface area is 105 Å². The molecule has 0 fully saturated rings. The molecular weight excluding hydrogens is 212 g/mol. The molecule has 1 rings (SSSR count). The molecule has 1 aromatic heterocycles. The molecule has 0 spiro atoms. The van der Waals surface area contributed by atoms with Crippen molar-refractivity contribution in [3.05, 3.63) is 12.2 Å². The summed E-state index contributed by atoms with van der Waals surface area (Å²) in [6.45, 7) is 11.8. The lowest BCUT2D eigenvalue weighted by atomic mass is 10.0. The van der Waals surface area contributed by atoms with Gasteiger partial charge in [-0.3, -0.25) is 0 Å². The summed E-state index contributed by atoms with van der Waals surface area (Å²) in [4.78, 5) is 4.30. The van der Waals surface area contributed by atoms with Gasteiger partial charge < -0.3 is 5.32 Å². The molecule has 17 heavy (non-hydrogen) atoms. The van der Waals surface area contributed by atoms with E-state index in [-0.39, 0.29) is 0 Å². The number of nitrogens with one attached hydrogen (secondary N) is 1. The van der Waals surface area contributed by atoms with Crippen molar-refractivity contribution in [2.24, 2.45) is 5.92 Å². The quantitative estimate of drug-likeness (QED) is 0.794. The van der Waals surface area contributed by atoms with Crippen LogP contribution in [-0.2, 0) is 6.54 Å². The molecule has 0 amide bonds. The van der Waals surface area contributed by atoms with Crippen LogP contribution in [0.5, 0.6) is 0 Å². The second-order valence-electron chi connectivity index (χ2n) is 5.25. The Bertz CT molecular complexity index is 319. The van der Waals surface area contributed by atoms with Gasteiger partial charge in [-0.25, -0.2) is 9.67 Å². The first kappa shape index (κ1) is 14.2. The zero-order valence-corrected chi connectivity index (χ0v) is 11.8. The van der Waals surface area contributed by atoms with Gasteiger partial charge >= 0.3 is 0 Å². The fraction of sp³-hybridized carbons (Fsp3) is 0.846. The van der Waals surface area contributed by atoms with Gasteiger partial charge in [0.05, 0.1) is 6.54 Å². The van der Waals surface area contributed by atoms with Crippen LogP contribution in [-0.4, -0.2) is 20.8 Å². The van der Waals surface area contributed by atoms with E-state index in [1.807, 2.05) is 4.68 Å². The molecule has 0 aliphatic heterocycles. The van der Waals surface area contributed by atoms with Crippen molar-refractivity contribution in [3.8, 4) is 0 Å². The zero-order valence-electron chi connectivity index (χ0n) is 11.8. The lowest BCUT2D eigenvalue weighted by Crippen LogP contribution is -2.29. The molecule has 0 aromatic carbocycles. The first-order valence-corrected chi connectivity index (χ1v) is 6.66. The number of hydrogen-bond acceptors (Lipinski definition) is 3. The molecule has 0 aliphatic rings. The number of nitrogens with zero attached hydrogens (tertiary/aromatic N) is 3. The van der Waals surface area contributed by atoms with Gasteiger partial charge in [-0.1, -0.05) is 20.3 Å². The average Bonchev–Trinajstić information content (AvgIpc) is 2.74. The van der Waals surface area contributed by atoms with E-state index in [9.17, 15) is 0 Å². The second kappa shape index (κ2) is 6.74. The van der Waals surface area contributed by atoms with E-state index in [1.165, 1.54) is 12.8 Å². The molecule has 2 unspecified atom stereocenters. The molecule has 0 saturated carbocycles. The first-order chi connectivity index (χ1) is 8.04. The highest BCUT2D eigenvalue weighted by Gasteiger charge is 2.10. The average molecular weight is 238 g/mol. The highest BCUT2D eigenvalue weighted by molar-refractivity contribution is 4.86. The predicted molar refractivity (Wildman–Crippen MR) is 70.8 cm³/mol. The molecule has 0 saturated heterocycles. The molecule has 1 aromatic rings. The van der Waals surface area contributed by atoms with E-state index in [0.29, 0.717) is 12.1 Å². The third-order valence-electron chi connectivity index (χ3n) is 3.20. The summed E-state index contributed by atoms with van der Waals surface area (Å²) < 4.78 is 1.98. The fourth-order valence-corrected chi connectivity index (χ4v) is 1.95. The fourth-order valence-electron chi connectivity index (χ4n) is 1.95. The van der Waals surface area contributed by atoms with Gasteiger partial charge in [0, 0.05) is 12.1 Å². The largest absolute Gasteiger partial charge is 0.307 e. The van der Waals surface area contributed by atoms with E-state index >= 15 is 0 Å². The van der Waals surface area contributed by atoms with Crippen LogP contribution in [0, 0.1) is 5.92 Å². The van der Waals surface area contributed by atoms with Crippen LogP contribution in [0.25, 0.3) is 0 Å². The summed E-state index contributed by atoms with van der Waals surface area (Å²) in [6, 6.07) is 0.904. The Balaban J connectivity index is 2.42. The van der Waals surface area contributed by atoms with Crippen molar-refractivity contribution in [3.63, 3.8) is 0 Å². The third-order valence-corrected chi connectivity index (χ3v) is 3.20. The topological polar surface area (TPSA) is 42.7 Å². The SMILES string of the molecule is CCC(C)CC(C)NCc1ncnn1C(C)C. The maximum atomic E-state index is 4.30. The minimum atomic E-state index is 0.374. The Kier molecular flexibility index (Phi) is 5.62. The number of rotatable bonds is 7. The Morgan fingerprint density at radius 1 is 1.29 bits per heavy atom. The molecule has 98 valence electrons. The third kappa shape index (κ3) is 4.46. The first-order valence-electron chi connectivity index (χ1n) is 6.66. The second-order valence-corrected chi connectivity index (χ2v) is 5.25. The van der Waals surface area contributed by atoms with E-state index in [1.54, 1.807) is 6.33 Å². The van der Waals surface area contributed by atoms with Crippen LogP contribution in [0.1, 0.15) is 59.3 Å². The summed E-state index contributed by atoms with van der Waals surface area (Å²) >= 11 is 0. The van der Waals surface area contributed by atoms with E-state index in [4.69, 9.17) is 0 Å². The maximum Gasteiger partial charge on any atom is 0.141 e. The Hall–Kier alpha value is -0.900. The molecule has 0 aliphatic carbocycles. The van der Waals surface area contributed by atoms with Crippen LogP contribution in [0.3, 0.4) is 0 Å². The molecule has 0 radical (unpaired) electrons. The van der Waals surface area contributed by atoms with Gasteiger partial charge in [0.2, 0.25) is 0 Å². The van der Waals surface area contributed by atoms with Crippen LogP contribution < -0.4 is 5.32 Å². The highest BCUT2D eigenvalue weighted by Crippen LogP contribution is 2.10. The van der Waals surface area contributed by atoms with Gasteiger partial charge in [0.15, 0.2) is 0 Å². The van der Waals surface area contributed by atoms with Crippen molar-refractivity contribution >= 4 is 0 Å². The maximum absolute atomic E-state index is 4.30. The molecule has 4 nitrogen and oxygen atoms in total. The van der Waals surface area contributed by atoms with Crippen molar-refractivity contribution in [2.45, 2.75) is 66.1 Å². The minimum absolute atomic E-state index is 0.374. The number of aromatic nitrogens is 3. The van der Waals surface area contributed by atoms with Crippen LogP contribution >= 0.6 is 0 Å². The summed E-state index contributed by atoms with van der Waals surface area (Å²) in [5.74, 6) is 1.80. The van der Waals surface area contributed by atoms with Crippen molar-refractivity contribution in [1.82, 2.24) is 20.1 Å². The monoisotopic (exact) mass is 238 g/mol. The van der Waals surface area contributed by atoms with Crippen LogP contribution in [0.2, 0.25) is 0 Å².